The number of carbonyl (C=O) groups excluding carboxylic acids is 1. The minimum absolute atomic E-state index is 0.0124. The van der Waals surface area contributed by atoms with E-state index in [0.717, 1.165) is 12.0 Å². The summed E-state index contributed by atoms with van der Waals surface area (Å²) in [5, 5.41) is 3.07. The first-order chi connectivity index (χ1) is 9.85. The second-order valence-electron chi connectivity index (χ2n) is 6.66. The molecule has 21 heavy (non-hydrogen) atoms. The van der Waals surface area contributed by atoms with E-state index in [4.69, 9.17) is 5.73 Å². The van der Waals surface area contributed by atoms with Crippen LogP contribution in [0.1, 0.15) is 51.8 Å². The first-order valence-corrected chi connectivity index (χ1v) is 7.94. The molecule has 1 rings (SSSR count). The summed E-state index contributed by atoms with van der Waals surface area (Å²) in [5.74, 6) is 0.846. The molecule has 0 saturated carbocycles. The van der Waals surface area contributed by atoms with Gasteiger partial charge in [0.15, 0.2) is 0 Å². The maximum atomic E-state index is 12.2. The second-order valence-corrected chi connectivity index (χ2v) is 6.66. The van der Waals surface area contributed by atoms with Gasteiger partial charge in [0, 0.05) is 6.54 Å². The molecule has 3 N–H and O–H groups in total. The molecule has 0 aliphatic carbocycles. The fraction of sp³-hybridized carbons (Fsp3) is 0.611. The van der Waals surface area contributed by atoms with Gasteiger partial charge in [-0.15, -0.1) is 0 Å². The largest absolute Gasteiger partial charge is 0.349 e. The molecule has 1 amide bonds. The summed E-state index contributed by atoms with van der Waals surface area (Å²) in [6.45, 7) is 10.9. The molecule has 2 unspecified atom stereocenters. The fourth-order valence-electron chi connectivity index (χ4n) is 2.50. The van der Waals surface area contributed by atoms with E-state index in [0.29, 0.717) is 12.5 Å². The van der Waals surface area contributed by atoms with Crippen molar-refractivity contribution in [3.8, 4) is 0 Å². The van der Waals surface area contributed by atoms with Crippen LogP contribution in [0.5, 0.6) is 0 Å². The summed E-state index contributed by atoms with van der Waals surface area (Å²) >= 11 is 0. The van der Waals surface area contributed by atoms with Crippen LogP contribution < -0.4 is 11.1 Å². The molecular weight excluding hydrogens is 260 g/mol. The van der Waals surface area contributed by atoms with Crippen molar-refractivity contribution in [2.24, 2.45) is 23.5 Å². The van der Waals surface area contributed by atoms with Crippen LogP contribution in [0.3, 0.4) is 0 Å². The zero-order valence-corrected chi connectivity index (χ0v) is 14.0. The average molecular weight is 290 g/mol. The first-order valence-electron chi connectivity index (χ1n) is 7.94. The minimum Gasteiger partial charge on any atom is -0.349 e. The Morgan fingerprint density at radius 1 is 1.10 bits per heavy atom. The number of carbonyl (C=O) groups is 1. The van der Waals surface area contributed by atoms with E-state index in [9.17, 15) is 4.79 Å². The number of rotatable bonds is 7. The van der Waals surface area contributed by atoms with Gasteiger partial charge in [-0.25, -0.2) is 0 Å². The molecule has 0 saturated heterocycles. The van der Waals surface area contributed by atoms with Crippen molar-refractivity contribution < 1.29 is 4.79 Å². The predicted octanol–water partition coefficient (Wildman–Crippen LogP) is 3.29. The number of nitrogens with one attached hydrogen (secondary N) is 1. The minimum atomic E-state index is -0.118. The van der Waals surface area contributed by atoms with Crippen LogP contribution in [-0.4, -0.2) is 12.5 Å². The molecule has 0 aliphatic rings. The summed E-state index contributed by atoms with van der Waals surface area (Å²) in [7, 11) is 0. The van der Waals surface area contributed by atoms with Crippen LogP contribution in [0.15, 0.2) is 24.3 Å². The lowest BCUT2D eigenvalue weighted by molar-refractivity contribution is -0.126. The van der Waals surface area contributed by atoms with Gasteiger partial charge in [0.2, 0.25) is 5.91 Å². The first kappa shape index (κ1) is 17.7. The van der Waals surface area contributed by atoms with E-state index in [1.165, 1.54) is 5.56 Å². The lowest BCUT2D eigenvalue weighted by Crippen LogP contribution is -2.39. The van der Waals surface area contributed by atoms with Crippen molar-refractivity contribution in [1.82, 2.24) is 5.32 Å². The van der Waals surface area contributed by atoms with E-state index >= 15 is 0 Å². The van der Waals surface area contributed by atoms with Gasteiger partial charge in [0.1, 0.15) is 0 Å². The third kappa shape index (κ3) is 5.50. The molecular formula is C18H30N2O. The highest BCUT2D eigenvalue weighted by atomic mass is 16.2. The van der Waals surface area contributed by atoms with Crippen molar-refractivity contribution in [2.75, 3.05) is 6.54 Å². The topological polar surface area (TPSA) is 55.1 Å². The van der Waals surface area contributed by atoms with Gasteiger partial charge in [0.05, 0.1) is 12.0 Å². The summed E-state index contributed by atoms with van der Waals surface area (Å²) in [6, 6.07) is 8.53. The number of nitrogens with two attached hydrogens (primary N) is 1. The van der Waals surface area contributed by atoms with E-state index in [1.54, 1.807) is 0 Å². The number of amides is 1. The monoisotopic (exact) mass is 290 g/mol. The molecule has 0 fully saturated rings. The quantitative estimate of drug-likeness (QED) is 0.809. The van der Waals surface area contributed by atoms with Gasteiger partial charge in [0.25, 0.3) is 0 Å². The standard InChI is InChI=1S/C18H30N2O/c1-12(2)10-15-6-8-16(9-7-15)14(5)20-18(21)17(11-19)13(3)4/h6-9,12-14,17H,10-11,19H2,1-5H3,(H,20,21). The number of benzene rings is 1. The van der Waals surface area contributed by atoms with Crippen LogP contribution >= 0.6 is 0 Å². The highest BCUT2D eigenvalue weighted by molar-refractivity contribution is 5.79. The Kier molecular flexibility index (Phi) is 6.90. The van der Waals surface area contributed by atoms with Crippen LogP contribution in [0.25, 0.3) is 0 Å². The van der Waals surface area contributed by atoms with E-state index in [1.807, 2.05) is 20.8 Å². The van der Waals surface area contributed by atoms with Crippen LogP contribution in [0.2, 0.25) is 0 Å². The normalized spacial score (nSPS) is 14.3. The molecule has 1 aromatic rings. The maximum absolute atomic E-state index is 12.2. The molecule has 118 valence electrons. The molecule has 0 heterocycles. The van der Waals surface area contributed by atoms with Crippen molar-refractivity contribution in [2.45, 2.75) is 47.1 Å². The molecule has 3 heteroatoms. The van der Waals surface area contributed by atoms with Gasteiger partial charge >= 0.3 is 0 Å². The van der Waals surface area contributed by atoms with Gasteiger partial charge in [-0.3, -0.25) is 4.79 Å². The van der Waals surface area contributed by atoms with E-state index < -0.39 is 0 Å². The van der Waals surface area contributed by atoms with Gasteiger partial charge in [-0.05, 0) is 36.3 Å². The van der Waals surface area contributed by atoms with Crippen LogP contribution in [0.4, 0.5) is 0 Å². The van der Waals surface area contributed by atoms with Crippen molar-refractivity contribution in [1.29, 1.82) is 0 Å². The lowest BCUT2D eigenvalue weighted by atomic mass is 9.94. The number of hydrogen-bond donors (Lipinski definition) is 2. The highest BCUT2D eigenvalue weighted by Crippen LogP contribution is 2.17. The predicted molar refractivity (Wildman–Crippen MR) is 88.9 cm³/mol. The smallest absolute Gasteiger partial charge is 0.225 e. The zero-order chi connectivity index (χ0) is 16.0. The second kappa shape index (κ2) is 8.18. The van der Waals surface area contributed by atoms with Gasteiger partial charge < -0.3 is 11.1 Å². The van der Waals surface area contributed by atoms with Crippen LogP contribution in [0, 0.1) is 17.8 Å². The average Bonchev–Trinajstić information content (AvgIpc) is 2.38. The Morgan fingerprint density at radius 3 is 2.10 bits per heavy atom. The Hall–Kier alpha value is -1.35. The molecule has 3 nitrogen and oxygen atoms in total. The molecule has 0 radical (unpaired) electrons. The molecule has 0 aromatic heterocycles. The Balaban J connectivity index is 2.66. The van der Waals surface area contributed by atoms with Crippen molar-refractivity contribution in [3.63, 3.8) is 0 Å². The third-order valence-electron chi connectivity index (χ3n) is 3.88. The summed E-state index contributed by atoms with van der Waals surface area (Å²) < 4.78 is 0. The van der Waals surface area contributed by atoms with Crippen molar-refractivity contribution >= 4 is 5.91 Å². The summed E-state index contributed by atoms with van der Waals surface area (Å²) in [4.78, 5) is 12.2. The maximum Gasteiger partial charge on any atom is 0.225 e. The third-order valence-corrected chi connectivity index (χ3v) is 3.88. The highest BCUT2D eigenvalue weighted by Gasteiger charge is 2.22. The Morgan fingerprint density at radius 2 is 1.67 bits per heavy atom. The summed E-state index contributed by atoms with van der Waals surface area (Å²) in [6.07, 6.45) is 1.09. The number of hydrogen-bond acceptors (Lipinski definition) is 2. The Bertz CT molecular complexity index is 437. The fourth-order valence-corrected chi connectivity index (χ4v) is 2.50. The summed E-state index contributed by atoms with van der Waals surface area (Å²) in [5.41, 5.74) is 8.17. The molecule has 0 spiro atoms. The molecule has 2 atom stereocenters. The van der Waals surface area contributed by atoms with Gasteiger partial charge in [-0.2, -0.15) is 0 Å². The zero-order valence-electron chi connectivity index (χ0n) is 14.0. The lowest BCUT2D eigenvalue weighted by Gasteiger charge is -2.22. The van der Waals surface area contributed by atoms with Gasteiger partial charge in [-0.1, -0.05) is 52.0 Å². The molecule has 1 aromatic carbocycles. The van der Waals surface area contributed by atoms with Crippen LogP contribution in [-0.2, 0) is 11.2 Å². The van der Waals surface area contributed by atoms with E-state index in [-0.39, 0.29) is 23.8 Å². The van der Waals surface area contributed by atoms with E-state index in [2.05, 4.69) is 43.4 Å². The Labute approximate surface area is 129 Å². The SMILES string of the molecule is CC(C)Cc1ccc(C(C)NC(=O)C(CN)C(C)C)cc1. The molecule has 0 aliphatic heterocycles. The molecule has 0 bridgehead atoms. The van der Waals surface area contributed by atoms with Crippen molar-refractivity contribution in [3.05, 3.63) is 35.4 Å².